The zero-order valence-electron chi connectivity index (χ0n) is 15.7. The Kier molecular flexibility index (Phi) is 5.46. The van der Waals surface area contributed by atoms with Crippen LogP contribution >= 0.6 is 11.8 Å². The van der Waals surface area contributed by atoms with Crippen molar-refractivity contribution in [2.75, 3.05) is 15.8 Å². The number of sulfonamides is 1. The van der Waals surface area contributed by atoms with Gasteiger partial charge in [-0.15, -0.1) is 0 Å². The predicted molar refractivity (Wildman–Crippen MR) is 114 cm³/mol. The molecule has 3 N–H and O–H groups in total. The lowest BCUT2D eigenvalue weighted by Crippen LogP contribution is -2.15. The Bertz CT molecular complexity index is 1260. The third-order valence-corrected chi connectivity index (χ3v) is 6.27. The van der Waals surface area contributed by atoms with Gasteiger partial charge in [0, 0.05) is 11.8 Å². The summed E-state index contributed by atoms with van der Waals surface area (Å²) in [6, 6.07) is 14.9. The largest absolute Gasteiger partial charge is 0.360 e. The van der Waals surface area contributed by atoms with Gasteiger partial charge in [0.1, 0.15) is 5.76 Å². The van der Waals surface area contributed by atoms with Gasteiger partial charge in [0.25, 0.3) is 10.0 Å². The molecule has 0 bridgehead atoms. The third kappa shape index (κ3) is 4.63. The number of H-pyrrole nitrogens is 1. The molecule has 30 heavy (non-hydrogen) atoms. The molecule has 2 heterocycles. The van der Waals surface area contributed by atoms with Crippen LogP contribution in [-0.2, 0) is 14.8 Å². The van der Waals surface area contributed by atoms with Crippen LogP contribution in [0, 0.1) is 6.92 Å². The SMILES string of the molecule is Cc1cc(NS(=O)(=O)c2ccc(NC(=O)CSc3nc4ccccc4[nH]3)cc2)no1. The first-order valence-electron chi connectivity index (χ1n) is 8.83. The van der Waals surface area contributed by atoms with E-state index in [1.165, 1.54) is 42.1 Å². The molecule has 0 atom stereocenters. The molecule has 9 nitrogen and oxygen atoms in total. The molecule has 0 radical (unpaired) electrons. The van der Waals surface area contributed by atoms with Crippen LogP contribution in [0.5, 0.6) is 0 Å². The molecule has 4 aromatic rings. The topological polar surface area (TPSA) is 130 Å². The maximum Gasteiger partial charge on any atom is 0.263 e. The number of nitrogens with zero attached hydrogens (tertiary/aromatic N) is 2. The Morgan fingerprint density at radius 2 is 1.93 bits per heavy atom. The van der Waals surface area contributed by atoms with Crippen LogP contribution in [-0.4, -0.2) is 35.2 Å². The normalized spacial score (nSPS) is 11.5. The van der Waals surface area contributed by atoms with Crippen LogP contribution in [0.3, 0.4) is 0 Å². The first-order valence-corrected chi connectivity index (χ1v) is 11.3. The number of aromatic amines is 1. The molecule has 1 amide bonds. The zero-order valence-corrected chi connectivity index (χ0v) is 17.4. The Labute approximate surface area is 176 Å². The Hall–Kier alpha value is -3.31. The standard InChI is InChI=1S/C19H17N5O4S2/c1-12-10-17(23-28-12)24-30(26,27)14-8-6-13(7-9-14)20-18(25)11-29-19-21-15-4-2-3-5-16(15)22-19/h2-10H,11H2,1H3,(H,20,25)(H,21,22)(H,23,24). The highest BCUT2D eigenvalue weighted by molar-refractivity contribution is 7.99. The van der Waals surface area contributed by atoms with E-state index in [1.54, 1.807) is 6.92 Å². The molecule has 0 saturated carbocycles. The van der Waals surface area contributed by atoms with Crippen molar-refractivity contribution in [1.29, 1.82) is 0 Å². The molecular formula is C19H17N5O4S2. The summed E-state index contributed by atoms with van der Waals surface area (Å²) < 4.78 is 31.9. The Balaban J connectivity index is 1.35. The van der Waals surface area contributed by atoms with Gasteiger partial charge in [0.15, 0.2) is 11.0 Å². The first kappa shape index (κ1) is 20.0. The van der Waals surface area contributed by atoms with Crippen LogP contribution in [0.15, 0.2) is 69.2 Å². The summed E-state index contributed by atoms with van der Waals surface area (Å²) in [5.74, 6) is 0.526. The van der Waals surface area contributed by atoms with Gasteiger partial charge >= 0.3 is 0 Å². The molecule has 2 aromatic heterocycles. The van der Waals surface area contributed by atoms with Gasteiger partial charge in [0.2, 0.25) is 5.91 Å². The highest BCUT2D eigenvalue weighted by atomic mass is 32.2. The number of aromatic nitrogens is 3. The van der Waals surface area contributed by atoms with E-state index in [0.717, 1.165) is 11.0 Å². The number of nitrogens with one attached hydrogen (secondary N) is 3. The number of carbonyl (C=O) groups is 1. The number of hydrogen-bond acceptors (Lipinski definition) is 7. The molecule has 0 aliphatic rings. The monoisotopic (exact) mass is 443 g/mol. The van der Waals surface area contributed by atoms with Gasteiger partial charge in [0.05, 0.1) is 21.7 Å². The van der Waals surface area contributed by atoms with Crippen molar-refractivity contribution < 1.29 is 17.7 Å². The highest BCUT2D eigenvalue weighted by Gasteiger charge is 2.16. The summed E-state index contributed by atoms with van der Waals surface area (Å²) in [5.41, 5.74) is 2.24. The van der Waals surface area contributed by atoms with Crippen molar-refractivity contribution in [3.63, 3.8) is 0 Å². The number of carbonyl (C=O) groups excluding carboxylic acids is 1. The average Bonchev–Trinajstić information content (AvgIpc) is 3.32. The number of thioether (sulfide) groups is 1. The molecule has 154 valence electrons. The molecular weight excluding hydrogens is 426 g/mol. The molecule has 0 spiro atoms. The second kappa shape index (κ2) is 8.20. The van der Waals surface area contributed by atoms with E-state index in [-0.39, 0.29) is 22.4 Å². The van der Waals surface area contributed by atoms with Crippen molar-refractivity contribution in [1.82, 2.24) is 15.1 Å². The second-order valence-corrected chi connectivity index (χ2v) is 9.00. The molecule has 0 saturated heterocycles. The Morgan fingerprint density at radius 1 is 1.17 bits per heavy atom. The number of benzene rings is 2. The predicted octanol–water partition coefficient (Wildman–Crippen LogP) is 3.39. The number of hydrogen-bond donors (Lipinski definition) is 3. The number of imidazole rings is 1. The van der Waals surface area contributed by atoms with Crippen molar-refractivity contribution in [3.05, 3.63) is 60.4 Å². The third-order valence-electron chi connectivity index (χ3n) is 4.02. The van der Waals surface area contributed by atoms with Crippen molar-refractivity contribution in [2.24, 2.45) is 0 Å². The van der Waals surface area contributed by atoms with Crippen LogP contribution in [0.1, 0.15) is 5.76 Å². The fourth-order valence-electron chi connectivity index (χ4n) is 2.66. The number of para-hydroxylation sites is 2. The quantitative estimate of drug-likeness (QED) is 0.373. The van der Waals surface area contributed by atoms with Gasteiger partial charge < -0.3 is 14.8 Å². The van der Waals surface area contributed by atoms with E-state index in [4.69, 9.17) is 4.52 Å². The average molecular weight is 444 g/mol. The maximum absolute atomic E-state index is 12.4. The Morgan fingerprint density at radius 3 is 2.63 bits per heavy atom. The first-order chi connectivity index (χ1) is 14.4. The van der Waals surface area contributed by atoms with Crippen molar-refractivity contribution >= 4 is 50.2 Å². The number of aryl methyl sites for hydroxylation is 1. The van der Waals surface area contributed by atoms with E-state index in [2.05, 4.69) is 25.2 Å². The minimum absolute atomic E-state index is 0.0396. The minimum atomic E-state index is -3.81. The summed E-state index contributed by atoms with van der Waals surface area (Å²) in [4.78, 5) is 19.8. The molecule has 0 aliphatic carbocycles. The van der Waals surface area contributed by atoms with E-state index in [1.807, 2.05) is 24.3 Å². The van der Waals surface area contributed by atoms with Gasteiger partial charge in [-0.05, 0) is 43.3 Å². The van der Waals surface area contributed by atoms with E-state index in [0.29, 0.717) is 16.6 Å². The van der Waals surface area contributed by atoms with Crippen molar-refractivity contribution in [2.45, 2.75) is 17.0 Å². The van der Waals surface area contributed by atoms with Crippen LogP contribution in [0.2, 0.25) is 0 Å². The van der Waals surface area contributed by atoms with E-state index in [9.17, 15) is 13.2 Å². The summed E-state index contributed by atoms with van der Waals surface area (Å²) in [6.45, 7) is 1.66. The zero-order chi connectivity index (χ0) is 21.1. The van der Waals surface area contributed by atoms with Gasteiger partial charge in [-0.2, -0.15) is 0 Å². The summed E-state index contributed by atoms with van der Waals surface area (Å²) in [7, 11) is -3.81. The van der Waals surface area contributed by atoms with Crippen LogP contribution in [0.4, 0.5) is 11.5 Å². The lowest BCUT2D eigenvalue weighted by atomic mass is 10.3. The van der Waals surface area contributed by atoms with E-state index < -0.39 is 10.0 Å². The number of amides is 1. The fraction of sp³-hybridized carbons (Fsp3) is 0.105. The van der Waals surface area contributed by atoms with Gasteiger partial charge in [-0.3, -0.25) is 9.52 Å². The summed E-state index contributed by atoms with van der Waals surface area (Å²) in [5, 5.41) is 7.00. The van der Waals surface area contributed by atoms with Crippen LogP contribution in [0.25, 0.3) is 11.0 Å². The van der Waals surface area contributed by atoms with E-state index >= 15 is 0 Å². The minimum Gasteiger partial charge on any atom is -0.360 e. The molecule has 0 unspecified atom stereocenters. The molecule has 2 aromatic carbocycles. The molecule has 4 rings (SSSR count). The fourth-order valence-corrected chi connectivity index (χ4v) is 4.33. The van der Waals surface area contributed by atoms with Gasteiger partial charge in [-0.1, -0.05) is 29.1 Å². The number of rotatable bonds is 7. The molecule has 11 heteroatoms. The van der Waals surface area contributed by atoms with Crippen LogP contribution < -0.4 is 10.0 Å². The number of anilines is 2. The molecule has 0 fully saturated rings. The molecule has 0 aliphatic heterocycles. The smallest absolute Gasteiger partial charge is 0.263 e. The summed E-state index contributed by atoms with van der Waals surface area (Å²) >= 11 is 1.28. The number of fused-ring (bicyclic) bond motifs is 1. The maximum atomic E-state index is 12.4. The highest BCUT2D eigenvalue weighted by Crippen LogP contribution is 2.21. The second-order valence-electron chi connectivity index (χ2n) is 6.35. The van der Waals surface area contributed by atoms with Gasteiger partial charge in [-0.25, -0.2) is 13.4 Å². The van der Waals surface area contributed by atoms with Crippen molar-refractivity contribution in [3.8, 4) is 0 Å². The summed E-state index contributed by atoms with van der Waals surface area (Å²) in [6.07, 6.45) is 0. The lowest BCUT2D eigenvalue weighted by molar-refractivity contribution is -0.113. The lowest BCUT2D eigenvalue weighted by Gasteiger charge is -2.07.